The van der Waals surface area contributed by atoms with Crippen LogP contribution in [-0.4, -0.2) is 33.5 Å². The van der Waals surface area contributed by atoms with Crippen LogP contribution in [0.2, 0.25) is 0 Å². The van der Waals surface area contributed by atoms with Crippen LogP contribution in [0.25, 0.3) is 0 Å². The SMILES string of the molecule is O=C1CCCCC[C@@H]1N1C(=O)c2cccc([N+](=O)[O-])c2C1=O. The minimum Gasteiger partial charge on any atom is -0.297 e. The fourth-order valence-electron chi connectivity index (χ4n) is 3.14. The summed E-state index contributed by atoms with van der Waals surface area (Å²) in [7, 11) is 0. The Bertz CT molecular complexity index is 697. The zero-order chi connectivity index (χ0) is 15.9. The molecule has 1 heterocycles. The Labute approximate surface area is 126 Å². The molecule has 0 saturated heterocycles. The number of rotatable bonds is 2. The predicted octanol–water partition coefficient (Wildman–Crippen LogP) is 2.09. The van der Waals surface area contributed by atoms with Gasteiger partial charge in [0.15, 0.2) is 5.78 Å². The standard InChI is InChI=1S/C15H14N2O5/c18-12-8-3-1-2-6-10(12)16-14(19)9-5-4-7-11(17(21)22)13(9)15(16)20/h4-5,7,10H,1-3,6,8H2/t10-/m0/s1. The zero-order valence-electron chi connectivity index (χ0n) is 11.8. The number of hydrogen-bond donors (Lipinski definition) is 0. The summed E-state index contributed by atoms with van der Waals surface area (Å²) in [5.74, 6) is -1.48. The monoisotopic (exact) mass is 302 g/mol. The molecule has 7 heteroatoms. The van der Waals surface area contributed by atoms with Crippen molar-refractivity contribution in [2.75, 3.05) is 0 Å². The third-order valence-electron chi connectivity index (χ3n) is 4.21. The number of nitro groups is 1. The summed E-state index contributed by atoms with van der Waals surface area (Å²) in [4.78, 5) is 48.5. The molecule has 0 unspecified atom stereocenters. The third kappa shape index (κ3) is 2.09. The molecule has 114 valence electrons. The van der Waals surface area contributed by atoms with Gasteiger partial charge in [-0.15, -0.1) is 0 Å². The van der Waals surface area contributed by atoms with Gasteiger partial charge in [0.05, 0.1) is 16.5 Å². The summed E-state index contributed by atoms with van der Waals surface area (Å²) in [6.07, 6.45) is 3.15. The molecule has 1 aliphatic heterocycles. The second-order valence-corrected chi connectivity index (χ2v) is 5.52. The summed E-state index contributed by atoms with van der Waals surface area (Å²) >= 11 is 0. The molecule has 1 aromatic carbocycles. The van der Waals surface area contributed by atoms with Crippen molar-refractivity contribution in [2.24, 2.45) is 0 Å². The number of nitrogens with zero attached hydrogens (tertiary/aromatic N) is 2. The van der Waals surface area contributed by atoms with Gasteiger partial charge in [-0.25, -0.2) is 0 Å². The molecule has 0 aromatic heterocycles. The number of imide groups is 1. The zero-order valence-corrected chi connectivity index (χ0v) is 11.8. The van der Waals surface area contributed by atoms with Crippen LogP contribution in [0.1, 0.15) is 52.8 Å². The molecule has 2 amide bonds. The lowest BCUT2D eigenvalue weighted by atomic mass is 10.1. The van der Waals surface area contributed by atoms with Crippen LogP contribution in [0.4, 0.5) is 5.69 Å². The average molecular weight is 302 g/mol. The van der Waals surface area contributed by atoms with Gasteiger partial charge in [0.1, 0.15) is 5.56 Å². The van der Waals surface area contributed by atoms with E-state index in [-0.39, 0.29) is 22.6 Å². The number of Topliss-reactive ketones (excluding diaryl/α,β-unsaturated/α-hetero) is 1. The van der Waals surface area contributed by atoms with E-state index >= 15 is 0 Å². The Hall–Kier alpha value is -2.57. The quantitative estimate of drug-likeness (QED) is 0.360. The number of carbonyl (C=O) groups excluding carboxylic acids is 3. The highest BCUT2D eigenvalue weighted by molar-refractivity contribution is 6.24. The molecule has 0 N–H and O–H groups in total. The second-order valence-electron chi connectivity index (χ2n) is 5.52. The molecule has 1 aliphatic carbocycles. The Morgan fingerprint density at radius 1 is 1.09 bits per heavy atom. The van der Waals surface area contributed by atoms with Crippen LogP contribution in [-0.2, 0) is 4.79 Å². The van der Waals surface area contributed by atoms with Gasteiger partial charge in [-0.2, -0.15) is 0 Å². The van der Waals surface area contributed by atoms with Crippen molar-refractivity contribution in [1.29, 1.82) is 0 Å². The Morgan fingerprint density at radius 2 is 1.86 bits per heavy atom. The number of ketones is 1. The fraction of sp³-hybridized carbons (Fsp3) is 0.400. The van der Waals surface area contributed by atoms with E-state index in [9.17, 15) is 24.5 Å². The molecule has 7 nitrogen and oxygen atoms in total. The van der Waals surface area contributed by atoms with E-state index in [0.717, 1.165) is 24.2 Å². The molecule has 1 saturated carbocycles. The number of fused-ring (bicyclic) bond motifs is 1. The van der Waals surface area contributed by atoms with E-state index in [1.807, 2.05) is 0 Å². The Morgan fingerprint density at radius 3 is 2.59 bits per heavy atom. The van der Waals surface area contributed by atoms with Crippen LogP contribution < -0.4 is 0 Å². The molecular formula is C15H14N2O5. The summed E-state index contributed by atoms with van der Waals surface area (Å²) in [6.45, 7) is 0. The highest BCUT2D eigenvalue weighted by atomic mass is 16.6. The van der Waals surface area contributed by atoms with Crippen molar-refractivity contribution >= 4 is 23.3 Å². The fourth-order valence-corrected chi connectivity index (χ4v) is 3.14. The maximum absolute atomic E-state index is 12.5. The molecular weight excluding hydrogens is 288 g/mol. The summed E-state index contributed by atoms with van der Waals surface area (Å²) in [5.41, 5.74) is -0.579. The molecule has 1 fully saturated rings. The van der Waals surface area contributed by atoms with E-state index < -0.39 is 22.8 Å². The van der Waals surface area contributed by atoms with Crippen LogP contribution in [0, 0.1) is 10.1 Å². The minimum absolute atomic E-state index is 0.0104. The van der Waals surface area contributed by atoms with Crippen molar-refractivity contribution in [1.82, 2.24) is 4.90 Å². The molecule has 0 spiro atoms. The first-order chi connectivity index (χ1) is 10.5. The van der Waals surface area contributed by atoms with E-state index in [1.165, 1.54) is 18.2 Å². The van der Waals surface area contributed by atoms with Gasteiger partial charge in [-0.05, 0) is 18.9 Å². The smallest absolute Gasteiger partial charge is 0.282 e. The lowest BCUT2D eigenvalue weighted by molar-refractivity contribution is -0.385. The highest BCUT2D eigenvalue weighted by Crippen LogP contribution is 2.34. The third-order valence-corrected chi connectivity index (χ3v) is 4.21. The van der Waals surface area contributed by atoms with E-state index in [2.05, 4.69) is 0 Å². The molecule has 1 atom stereocenters. The van der Waals surface area contributed by atoms with Crippen molar-refractivity contribution in [3.63, 3.8) is 0 Å². The van der Waals surface area contributed by atoms with Gasteiger partial charge in [0.25, 0.3) is 17.5 Å². The largest absolute Gasteiger partial charge is 0.297 e. The lowest BCUT2D eigenvalue weighted by Crippen LogP contribution is -2.44. The van der Waals surface area contributed by atoms with Gasteiger partial charge >= 0.3 is 0 Å². The highest BCUT2D eigenvalue weighted by Gasteiger charge is 2.46. The van der Waals surface area contributed by atoms with E-state index in [1.54, 1.807) is 0 Å². The van der Waals surface area contributed by atoms with Gasteiger partial charge in [-0.3, -0.25) is 29.4 Å². The average Bonchev–Trinajstić information content (AvgIpc) is 2.65. The van der Waals surface area contributed by atoms with Gasteiger partial charge in [0, 0.05) is 12.5 Å². The van der Waals surface area contributed by atoms with E-state index in [4.69, 9.17) is 0 Å². The minimum atomic E-state index is -0.797. The second kappa shape index (κ2) is 5.32. The summed E-state index contributed by atoms with van der Waals surface area (Å²) in [5, 5.41) is 11.1. The topological polar surface area (TPSA) is 97.6 Å². The first kappa shape index (κ1) is 14.4. The number of amides is 2. The van der Waals surface area contributed by atoms with E-state index in [0.29, 0.717) is 12.8 Å². The maximum Gasteiger partial charge on any atom is 0.282 e. The van der Waals surface area contributed by atoms with Gasteiger partial charge in [-0.1, -0.05) is 18.9 Å². The maximum atomic E-state index is 12.5. The van der Waals surface area contributed by atoms with Crippen LogP contribution in [0.15, 0.2) is 18.2 Å². The van der Waals surface area contributed by atoms with Gasteiger partial charge in [0.2, 0.25) is 0 Å². The number of carbonyl (C=O) groups is 3. The molecule has 0 radical (unpaired) electrons. The van der Waals surface area contributed by atoms with Crippen LogP contribution >= 0.6 is 0 Å². The predicted molar refractivity (Wildman–Crippen MR) is 75.5 cm³/mol. The van der Waals surface area contributed by atoms with Crippen LogP contribution in [0.5, 0.6) is 0 Å². The van der Waals surface area contributed by atoms with Crippen molar-refractivity contribution < 1.29 is 19.3 Å². The lowest BCUT2D eigenvalue weighted by Gasteiger charge is -2.23. The molecule has 0 bridgehead atoms. The normalized spacial score (nSPS) is 21.7. The Kier molecular flexibility index (Phi) is 3.48. The Balaban J connectivity index is 2.05. The molecule has 1 aromatic rings. The van der Waals surface area contributed by atoms with Crippen molar-refractivity contribution in [3.8, 4) is 0 Å². The molecule has 3 rings (SSSR count). The first-order valence-electron chi connectivity index (χ1n) is 7.20. The molecule has 2 aliphatic rings. The number of benzene rings is 1. The number of nitro benzene ring substituents is 1. The van der Waals surface area contributed by atoms with Crippen LogP contribution in [0.3, 0.4) is 0 Å². The molecule has 22 heavy (non-hydrogen) atoms. The van der Waals surface area contributed by atoms with Gasteiger partial charge < -0.3 is 0 Å². The summed E-state index contributed by atoms with van der Waals surface area (Å²) < 4.78 is 0. The summed E-state index contributed by atoms with van der Waals surface area (Å²) in [6, 6.07) is 3.17. The number of hydrogen-bond acceptors (Lipinski definition) is 5. The van der Waals surface area contributed by atoms with Crippen molar-refractivity contribution in [2.45, 2.75) is 38.1 Å². The van der Waals surface area contributed by atoms with Crippen molar-refractivity contribution in [3.05, 3.63) is 39.4 Å². The first-order valence-corrected chi connectivity index (χ1v) is 7.20.